The second kappa shape index (κ2) is 8.20. The van der Waals surface area contributed by atoms with Crippen LogP contribution in [0.5, 0.6) is 0 Å². The SMILES string of the molecule is O=C(CC1CCCC1)NCCn1ncc2c(NCc3ccco3)ncnc21. The zero-order valence-corrected chi connectivity index (χ0v) is 15.2. The van der Waals surface area contributed by atoms with Crippen molar-refractivity contribution in [1.82, 2.24) is 25.1 Å². The molecule has 8 heteroatoms. The van der Waals surface area contributed by atoms with E-state index in [-0.39, 0.29) is 5.91 Å². The van der Waals surface area contributed by atoms with Gasteiger partial charge in [-0.1, -0.05) is 12.8 Å². The number of aromatic nitrogens is 4. The van der Waals surface area contributed by atoms with Gasteiger partial charge in [-0.2, -0.15) is 5.10 Å². The Kier molecular flexibility index (Phi) is 5.32. The second-order valence-corrected chi connectivity index (χ2v) is 6.96. The fourth-order valence-corrected chi connectivity index (χ4v) is 3.63. The molecule has 1 aliphatic rings. The molecule has 0 saturated heterocycles. The van der Waals surface area contributed by atoms with Crippen molar-refractivity contribution < 1.29 is 9.21 Å². The van der Waals surface area contributed by atoms with Crippen LogP contribution in [0.15, 0.2) is 35.3 Å². The van der Waals surface area contributed by atoms with Gasteiger partial charge < -0.3 is 15.1 Å². The molecule has 3 heterocycles. The van der Waals surface area contributed by atoms with E-state index in [4.69, 9.17) is 4.42 Å². The van der Waals surface area contributed by atoms with E-state index in [0.717, 1.165) is 16.8 Å². The molecule has 0 radical (unpaired) electrons. The highest BCUT2D eigenvalue weighted by Gasteiger charge is 2.18. The lowest BCUT2D eigenvalue weighted by atomic mass is 10.0. The number of nitrogens with one attached hydrogen (secondary N) is 2. The van der Waals surface area contributed by atoms with Gasteiger partial charge in [-0.3, -0.25) is 4.79 Å². The molecule has 8 nitrogen and oxygen atoms in total. The Morgan fingerprint density at radius 1 is 1.30 bits per heavy atom. The number of carbonyl (C=O) groups excluding carboxylic acids is 1. The Labute approximate surface area is 157 Å². The van der Waals surface area contributed by atoms with Gasteiger partial charge in [0.25, 0.3) is 0 Å². The van der Waals surface area contributed by atoms with Crippen LogP contribution >= 0.6 is 0 Å². The normalized spacial score (nSPS) is 14.7. The van der Waals surface area contributed by atoms with E-state index in [9.17, 15) is 4.79 Å². The first kappa shape index (κ1) is 17.5. The molecule has 2 N–H and O–H groups in total. The van der Waals surface area contributed by atoms with Gasteiger partial charge in [0.1, 0.15) is 17.9 Å². The summed E-state index contributed by atoms with van der Waals surface area (Å²) in [5.74, 6) is 2.24. The molecule has 0 unspecified atom stereocenters. The molecule has 0 aliphatic heterocycles. The Morgan fingerprint density at radius 3 is 3.00 bits per heavy atom. The summed E-state index contributed by atoms with van der Waals surface area (Å²) in [6.45, 7) is 1.66. The smallest absolute Gasteiger partial charge is 0.220 e. The van der Waals surface area contributed by atoms with Crippen LogP contribution < -0.4 is 10.6 Å². The molecule has 27 heavy (non-hydrogen) atoms. The van der Waals surface area contributed by atoms with Crippen molar-refractivity contribution in [2.45, 2.75) is 45.2 Å². The quantitative estimate of drug-likeness (QED) is 0.634. The van der Waals surface area contributed by atoms with Crippen LogP contribution in [-0.2, 0) is 17.9 Å². The van der Waals surface area contributed by atoms with Gasteiger partial charge in [0.05, 0.1) is 30.9 Å². The van der Waals surface area contributed by atoms with E-state index in [0.29, 0.717) is 37.8 Å². The number of carbonyl (C=O) groups is 1. The summed E-state index contributed by atoms with van der Waals surface area (Å²) in [5, 5.41) is 11.5. The first-order valence-electron chi connectivity index (χ1n) is 9.49. The van der Waals surface area contributed by atoms with Gasteiger partial charge in [0, 0.05) is 13.0 Å². The average molecular weight is 368 g/mol. The van der Waals surface area contributed by atoms with E-state index in [1.54, 1.807) is 17.1 Å². The molecule has 0 atom stereocenters. The zero-order chi connectivity index (χ0) is 18.5. The zero-order valence-electron chi connectivity index (χ0n) is 15.2. The van der Waals surface area contributed by atoms with Crippen molar-refractivity contribution in [3.05, 3.63) is 36.7 Å². The topological polar surface area (TPSA) is 97.9 Å². The number of hydrogen-bond donors (Lipinski definition) is 2. The first-order chi connectivity index (χ1) is 13.3. The van der Waals surface area contributed by atoms with Crippen molar-refractivity contribution in [2.24, 2.45) is 5.92 Å². The summed E-state index contributed by atoms with van der Waals surface area (Å²) in [7, 11) is 0. The van der Waals surface area contributed by atoms with Crippen LogP contribution in [0.2, 0.25) is 0 Å². The third-order valence-electron chi connectivity index (χ3n) is 5.04. The number of furan rings is 1. The first-order valence-corrected chi connectivity index (χ1v) is 9.49. The number of hydrogen-bond acceptors (Lipinski definition) is 6. The molecule has 1 aliphatic carbocycles. The molecule has 3 aromatic heterocycles. The molecule has 1 saturated carbocycles. The largest absolute Gasteiger partial charge is 0.467 e. The summed E-state index contributed by atoms with van der Waals surface area (Å²) in [5.41, 5.74) is 0.747. The number of amides is 1. The van der Waals surface area contributed by atoms with Crippen LogP contribution in [0.4, 0.5) is 5.82 Å². The van der Waals surface area contributed by atoms with E-state index >= 15 is 0 Å². The molecule has 0 aromatic carbocycles. The van der Waals surface area contributed by atoms with Gasteiger partial charge >= 0.3 is 0 Å². The minimum absolute atomic E-state index is 0.133. The van der Waals surface area contributed by atoms with Crippen molar-refractivity contribution in [3.63, 3.8) is 0 Å². The summed E-state index contributed by atoms with van der Waals surface area (Å²) >= 11 is 0. The highest BCUT2D eigenvalue weighted by atomic mass is 16.3. The average Bonchev–Trinajstić information content (AvgIpc) is 3.42. The third-order valence-corrected chi connectivity index (χ3v) is 5.04. The highest BCUT2D eigenvalue weighted by molar-refractivity contribution is 5.86. The van der Waals surface area contributed by atoms with Crippen LogP contribution in [0.1, 0.15) is 37.9 Å². The van der Waals surface area contributed by atoms with E-state index in [1.807, 2.05) is 12.1 Å². The molecular formula is C19H24N6O2. The number of nitrogens with zero attached hydrogens (tertiary/aromatic N) is 4. The standard InChI is InChI=1S/C19H24N6O2/c26-17(10-14-4-1-2-5-14)20-7-8-25-19-16(12-24-25)18(22-13-23-19)21-11-15-6-3-9-27-15/h3,6,9,12-14H,1-2,4-5,7-8,10-11H2,(H,20,26)(H,21,22,23). The molecule has 3 aromatic rings. The monoisotopic (exact) mass is 368 g/mol. The molecule has 0 spiro atoms. The minimum Gasteiger partial charge on any atom is -0.467 e. The van der Waals surface area contributed by atoms with E-state index < -0.39 is 0 Å². The van der Waals surface area contributed by atoms with Crippen LogP contribution in [0, 0.1) is 5.92 Å². The number of rotatable bonds is 8. The lowest BCUT2D eigenvalue weighted by molar-refractivity contribution is -0.122. The summed E-state index contributed by atoms with van der Waals surface area (Å²) in [6.07, 6.45) is 10.4. The third kappa shape index (κ3) is 4.27. The van der Waals surface area contributed by atoms with E-state index in [2.05, 4.69) is 25.7 Å². The van der Waals surface area contributed by atoms with E-state index in [1.165, 1.54) is 32.0 Å². The van der Waals surface area contributed by atoms with Crippen molar-refractivity contribution in [2.75, 3.05) is 11.9 Å². The fourth-order valence-electron chi connectivity index (χ4n) is 3.63. The summed E-state index contributed by atoms with van der Waals surface area (Å²) in [4.78, 5) is 20.7. The fraction of sp³-hybridized carbons (Fsp3) is 0.474. The Bertz CT molecular complexity index is 883. The molecule has 142 valence electrons. The minimum atomic E-state index is 0.133. The Morgan fingerprint density at radius 2 is 2.19 bits per heavy atom. The Hall–Kier alpha value is -2.90. The predicted molar refractivity (Wildman–Crippen MR) is 101 cm³/mol. The van der Waals surface area contributed by atoms with Gasteiger partial charge in [0.15, 0.2) is 5.65 Å². The molecular weight excluding hydrogens is 344 g/mol. The summed E-state index contributed by atoms with van der Waals surface area (Å²) in [6, 6.07) is 3.76. The van der Waals surface area contributed by atoms with Crippen LogP contribution in [-0.4, -0.2) is 32.2 Å². The highest BCUT2D eigenvalue weighted by Crippen LogP contribution is 2.27. The maximum atomic E-state index is 12.1. The van der Waals surface area contributed by atoms with Gasteiger partial charge in [-0.25, -0.2) is 14.6 Å². The summed E-state index contributed by atoms with van der Waals surface area (Å²) < 4.78 is 7.13. The van der Waals surface area contributed by atoms with Crippen molar-refractivity contribution >= 4 is 22.8 Å². The van der Waals surface area contributed by atoms with Crippen molar-refractivity contribution in [1.29, 1.82) is 0 Å². The maximum absolute atomic E-state index is 12.1. The van der Waals surface area contributed by atoms with Gasteiger partial charge in [-0.15, -0.1) is 0 Å². The van der Waals surface area contributed by atoms with Crippen LogP contribution in [0.25, 0.3) is 11.0 Å². The van der Waals surface area contributed by atoms with Crippen molar-refractivity contribution in [3.8, 4) is 0 Å². The lowest BCUT2D eigenvalue weighted by Crippen LogP contribution is -2.28. The van der Waals surface area contributed by atoms with Gasteiger partial charge in [-0.05, 0) is 30.9 Å². The molecule has 1 amide bonds. The van der Waals surface area contributed by atoms with Gasteiger partial charge in [0.2, 0.25) is 5.91 Å². The molecule has 4 rings (SSSR count). The second-order valence-electron chi connectivity index (χ2n) is 6.96. The lowest BCUT2D eigenvalue weighted by Gasteiger charge is -2.10. The Balaban J connectivity index is 1.33. The molecule has 0 bridgehead atoms. The number of fused-ring (bicyclic) bond motifs is 1. The number of anilines is 1. The molecule has 1 fully saturated rings. The maximum Gasteiger partial charge on any atom is 0.220 e. The predicted octanol–water partition coefficient (Wildman–Crippen LogP) is 2.73. The van der Waals surface area contributed by atoms with Crippen LogP contribution in [0.3, 0.4) is 0 Å².